The molecule has 1 heterocycles. The Balaban J connectivity index is 2.21. The molecule has 0 unspecified atom stereocenters. The largest absolute Gasteiger partial charge is 0.506 e. The Morgan fingerprint density at radius 2 is 2.11 bits per heavy atom. The second-order valence-corrected chi connectivity index (χ2v) is 4.34. The summed E-state index contributed by atoms with van der Waals surface area (Å²) in [5, 5.41) is 17.8. The first kappa shape index (κ1) is 12.3. The van der Waals surface area contributed by atoms with Gasteiger partial charge < -0.3 is 10.4 Å². The van der Waals surface area contributed by atoms with E-state index in [0.717, 1.165) is 0 Å². The van der Waals surface area contributed by atoms with Crippen molar-refractivity contribution in [3.05, 3.63) is 50.9 Å². The molecule has 3 N–H and O–H groups in total. The molecule has 18 heavy (non-hydrogen) atoms. The number of benzene rings is 1. The lowest BCUT2D eigenvalue weighted by atomic mass is 10.3. The van der Waals surface area contributed by atoms with Gasteiger partial charge in [-0.25, -0.2) is 5.10 Å². The lowest BCUT2D eigenvalue weighted by Gasteiger charge is -2.06. The minimum absolute atomic E-state index is 0.0527. The number of hydrogen-bond donors (Lipinski definition) is 3. The number of amides is 1. The minimum atomic E-state index is -0.524. The van der Waals surface area contributed by atoms with Crippen LogP contribution in [0.3, 0.4) is 0 Å². The topological polar surface area (TPSA) is 95.1 Å². The van der Waals surface area contributed by atoms with Gasteiger partial charge >= 0.3 is 0 Å². The van der Waals surface area contributed by atoms with Gasteiger partial charge in [-0.05, 0) is 24.3 Å². The average molecular weight is 310 g/mol. The summed E-state index contributed by atoms with van der Waals surface area (Å²) in [5.74, 6) is -0.592. The molecule has 2 aromatic rings. The van der Waals surface area contributed by atoms with E-state index in [1.165, 1.54) is 18.2 Å². The fourth-order valence-corrected chi connectivity index (χ4v) is 1.62. The molecule has 6 nitrogen and oxygen atoms in total. The summed E-state index contributed by atoms with van der Waals surface area (Å²) in [5.41, 5.74) is -0.0776. The van der Waals surface area contributed by atoms with Gasteiger partial charge in [0.05, 0.1) is 5.69 Å². The van der Waals surface area contributed by atoms with Crippen molar-refractivity contribution >= 4 is 27.5 Å². The summed E-state index contributed by atoms with van der Waals surface area (Å²) < 4.78 is 0.695. The first-order chi connectivity index (χ1) is 8.56. The highest BCUT2D eigenvalue weighted by molar-refractivity contribution is 9.10. The summed E-state index contributed by atoms with van der Waals surface area (Å²) in [7, 11) is 0. The van der Waals surface area contributed by atoms with E-state index >= 15 is 0 Å². The standard InChI is InChI=1S/C11H8BrN3O3/c12-6-1-2-7(9(16)5-6)13-11(18)8-3-4-10(17)15-14-8/h1-5,16H,(H,13,18)(H,15,17). The van der Waals surface area contributed by atoms with Crippen molar-refractivity contribution in [2.24, 2.45) is 0 Å². The summed E-state index contributed by atoms with van der Waals surface area (Å²) in [6, 6.07) is 7.17. The van der Waals surface area contributed by atoms with Crippen LogP contribution in [0.1, 0.15) is 10.5 Å². The maximum Gasteiger partial charge on any atom is 0.276 e. The highest BCUT2D eigenvalue weighted by Crippen LogP contribution is 2.26. The molecule has 0 aliphatic rings. The Bertz CT molecular complexity index is 634. The van der Waals surface area contributed by atoms with E-state index in [1.807, 2.05) is 0 Å². The van der Waals surface area contributed by atoms with E-state index < -0.39 is 11.5 Å². The lowest BCUT2D eigenvalue weighted by Crippen LogP contribution is -2.17. The molecule has 1 aromatic heterocycles. The molecule has 7 heteroatoms. The van der Waals surface area contributed by atoms with Gasteiger partial charge in [-0.15, -0.1) is 0 Å². The molecule has 0 fully saturated rings. The molecule has 1 aromatic carbocycles. The molecule has 0 spiro atoms. The van der Waals surface area contributed by atoms with E-state index in [9.17, 15) is 14.7 Å². The number of carbonyl (C=O) groups excluding carboxylic acids is 1. The molecule has 0 aliphatic carbocycles. The third-order valence-corrected chi connectivity index (χ3v) is 2.61. The molecule has 0 radical (unpaired) electrons. The fourth-order valence-electron chi connectivity index (χ4n) is 1.27. The van der Waals surface area contributed by atoms with Crippen molar-refractivity contribution in [1.29, 1.82) is 0 Å². The second kappa shape index (κ2) is 5.01. The zero-order chi connectivity index (χ0) is 13.1. The summed E-state index contributed by atoms with van der Waals surface area (Å²) in [6.45, 7) is 0. The number of hydrogen-bond acceptors (Lipinski definition) is 4. The van der Waals surface area contributed by atoms with E-state index in [-0.39, 0.29) is 17.1 Å². The number of nitrogens with zero attached hydrogens (tertiary/aromatic N) is 1. The molecule has 1 amide bonds. The number of aromatic hydroxyl groups is 1. The van der Waals surface area contributed by atoms with Gasteiger partial charge in [0, 0.05) is 10.5 Å². The van der Waals surface area contributed by atoms with Crippen molar-refractivity contribution in [3.8, 4) is 5.75 Å². The lowest BCUT2D eigenvalue weighted by molar-refractivity contribution is 0.102. The van der Waals surface area contributed by atoms with Crippen LogP contribution in [0.25, 0.3) is 0 Å². The number of halogens is 1. The van der Waals surface area contributed by atoms with Gasteiger partial charge in [-0.2, -0.15) is 5.10 Å². The Labute approximate surface area is 110 Å². The number of aromatic nitrogens is 2. The van der Waals surface area contributed by atoms with Gasteiger partial charge in [0.25, 0.3) is 11.5 Å². The van der Waals surface area contributed by atoms with Crippen LogP contribution in [0.15, 0.2) is 39.6 Å². The zero-order valence-corrected chi connectivity index (χ0v) is 10.6. The molecule has 2 rings (SSSR count). The maximum atomic E-state index is 11.7. The van der Waals surface area contributed by atoms with Crippen LogP contribution in [-0.4, -0.2) is 21.2 Å². The molecular weight excluding hydrogens is 302 g/mol. The molecule has 0 saturated carbocycles. The van der Waals surface area contributed by atoms with E-state index in [0.29, 0.717) is 4.47 Å². The number of anilines is 1. The summed E-state index contributed by atoms with van der Waals surface area (Å²) in [4.78, 5) is 22.5. The number of phenolic OH excluding ortho intramolecular Hbond substituents is 1. The van der Waals surface area contributed by atoms with Crippen LogP contribution in [0.5, 0.6) is 5.75 Å². The van der Waals surface area contributed by atoms with Gasteiger partial charge in [-0.1, -0.05) is 15.9 Å². The number of phenols is 1. The van der Waals surface area contributed by atoms with Crippen LogP contribution in [0.2, 0.25) is 0 Å². The van der Waals surface area contributed by atoms with E-state index in [2.05, 4.69) is 31.4 Å². The van der Waals surface area contributed by atoms with Crippen molar-refractivity contribution < 1.29 is 9.90 Å². The Kier molecular flexibility index (Phi) is 3.42. The van der Waals surface area contributed by atoms with Crippen LogP contribution >= 0.6 is 15.9 Å². The van der Waals surface area contributed by atoms with Crippen molar-refractivity contribution in [1.82, 2.24) is 10.2 Å². The Hall–Kier alpha value is -2.15. The minimum Gasteiger partial charge on any atom is -0.506 e. The average Bonchev–Trinajstić information content (AvgIpc) is 2.33. The van der Waals surface area contributed by atoms with Crippen LogP contribution in [0, 0.1) is 0 Å². The molecule has 0 saturated heterocycles. The van der Waals surface area contributed by atoms with Crippen LogP contribution in [0.4, 0.5) is 5.69 Å². The number of nitrogens with one attached hydrogen (secondary N) is 2. The molecule has 0 aliphatic heterocycles. The summed E-state index contributed by atoms with van der Waals surface area (Å²) in [6.07, 6.45) is 0. The van der Waals surface area contributed by atoms with Gasteiger partial charge in [0.1, 0.15) is 11.4 Å². The second-order valence-electron chi connectivity index (χ2n) is 3.42. The summed E-state index contributed by atoms with van der Waals surface area (Å²) >= 11 is 3.19. The SMILES string of the molecule is O=C(Nc1ccc(Br)cc1O)c1ccc(=O)[nH]n1. The van der Waals surface area contributed by atoms with Crippen molar-refractivity contribution in [3.63, 3.8) is 0 Å². The van der Waals surface area contributed by atoms with E-state index in [4.69, 9.17) is 0 Å². The van der Waals surface area contributed by atoms with Crippen LogP contribution in [-0.2, 0) is 0 Å². The fraction of sp³-hybridized carbons (Fsp3) is 0. The molecule has 0 bridgehead atoms. The first-order valence-electron chi connectivity index (χ1n) is 4.92. The molecule has 0 atom stereocenters. The number of aromatic amines is 1. The Morgan fingerprint density at radius 1 is 1.33 bits per heavy atom. The highest BCUT2D eigenvalue weighted by Gasteiger charge is 2.10. The zero-order valence-electron chi connectivity index (χ0n) is 8.98. The predicted molar refractivity (Wildman–Crippen MR) is 68.6 cm³/mol. The first-order valence-corrected chi connectivity index (χ1v) is 5.71. The number of rotatable bonds is 2. The van der Waals surface area contributed by atoms with Gasteiger partial charge in [0.2, 0.25) is 0 Å². The highest BCUT2D eigenvalue weighted by atomic mass is 79.9. The van der Waals surface area contributed by atoms with Gasteiger partial charge in [-0.3, -0.25) is 9.59 Å². The smallest absolute Gasteiger partial charge is 0.276 e. The third kappa shape index (κ3) is 2.75. The van der Waals surface area contributed by atoms with E-state index in [1.54, 1.807) is 12.1 Å². The van der Waals surface area contributed by atoms with Crippen molar-refractivity contribution in [2.45, 2.75) is 0 Å². The maximum absolute atomic E-state index is 11.7. The quantitative estimate of drug-likeness (QED) is 0.732. The van der Waals surface area contributed by atoms with Crippen LogP contribution < -0.4 is 10.9 Å². The monoisotopic (exact) mass is 309 g/mol. The normalized spacial score (nSPS) is 10.1. The Morgan fingerprint density at radius 3 is 2.72 bits per heavy atom. The molecule has 92 valence electrons. The number of carbonyl (C=O) groups is 1. The van der Waals surface area contributed by atoms with Crippen molar-refractivity contribution in [2.75, 3.05) is 5.32 Å². The number of H-pyrrole nitrogens is 1. The van der Waals surface area contributed by atoms with Gasteiger partial charge in [0.15, 0.2) is 0 Å². The predicted octanol–water partition coefficient (Wildman–Crippen LogP) is 1.49. The third-order valence-electron chi connectivity index (χ3n) is 2.12. The molecular formula is C11H8BrN3O3.